The minimum atomic E-state index is -1.26. The predicted octanol–water partition coefficient (Wildman–Crippen LogP) is 5.25. The van der Waals surface area contributed by atoms with E-state index < -0.39 is 23.1 Å². The summed E-state index contributed by atoms with van der Waals surface area (Å²) < 4.78 is 7.62. The lowest BCUT2D eigenvalue weighted by Crippen LogP contribution is -2.45. The highest BCUT2D eigenvalue weighted by atomic mass is 16.5. The monoisotopic (exact) mass is 507 g/mol. The van der Waals surface area contributed by atoms with Crippen LogP contribution in [0.2, 0.25) is 0 Å². The summed E-state index contributed by atoms with van der Waals surface area (Å²) in [7, 11) is 0. The number of nitrogens with two attached hydrogens (primary N) is 1. The number of primary amides is 1. The van der Waals surface area contributed by atoms with Crippen LogP contribution >= 0.6 is 0 Å². The van der Waals surface area contributed by atoms with Gasteiger partial charge in [-0.3, -0.25) is 14.5 Å². The van der Waals surface area contributed by atoms with Crippen LogP contribution in [0.15, 0.2) is 53.3 Å². The summed E-state index contributed by atoms with van der Waals surface area (Å²) in [5, 5.41) is 11.2. The number of rotatable bonds is 8. The van der Waals surface area contributed by atoms with Gasteiger partial charge in [-0.25, -0.2) is 4.79 Å². The molecule has 0 saturated heterocycles. The fraction of sp³-hybridized carbons (Fsp3) is 0.414. The van der Waals surface area contributed by atoms with Gasteiger partial charge >= 0.3 is 6.09 Å². The molecule has 8 nitrogen and oxygen atoms in total. The van der Waals surface area contributed by atoms with Crippen LogP contribution in [0.4, 0.5) is 4.79 Å². The summed E-state index contributed by atoms with van der Waals surface area (Å²) in [6.45, 7) is 13.1. The Hall–Kier alpha value is -3.81. The van der Waals surface area contributed by atoms with Gasteiger partial charge in [0.25, 0.3) is 11.5 Å². The van der Waals surface area contributed by atoms with Gasteiger partial charge in [0.05, 0.1) is 6.54 Å². The summed E-state index contributed by atoms with van der Waals surface area (Å²) in [4.78, 5) is 39.4. The van der Waals surface area contributed by atoms with Gasteiger partial charge in [0.15, 0.2) is 5.60 Å². The molecule has 1 heterocycles. The van der Waals surface area contributed by atoms with Crippen molar-refractivity contribution in [1.29, 1.82) is 0 Å². The van der Waals surface area contributed by atoms with E-state index in [-0.39, 0.29) is 18.0 Å². The molecule has 0 unspecified atom stereocenters. The third kappa shape index (κ3) is 5.96. The largest absolute Gasteiger partial charge is 0.478 e. The summed E-state index contributed by atoms with van der Waals surface area (Å²) >= 11 is 0. The van der Waals surface area contributed by atoms with Gasteiger partial charge in [-0.1, -0.05) is 44.2 Å². The van der Waals surface area contributed by atoms with Gasteiger partial charge in [0.1, 0.15) is 5.75 Å². The molecule has 0 saturated carbocycles. The van der Waals surface area contributed by atoms with Crippen molar-refractivity contribution in [3.05, 3.63) is 64.6 Å². The second-order valence-electron chi connectivity index (χ2n) is 11.2. The third-order valence-corrected chi connectivity index (χ3v) is 6.28. The van der Waals surface area contributed by atoms with Crippen LogP contribution in [-0.2, 0) is 17.9 Å². The van der Waals surface area contributed by atoms with E-state index in [2.05, 4.69) is 0 Å². The average molecular weight is 508 g/mol. The third-order valence-electron chi connectivity index (χ3n) is 6.28. The van der Waals surface area contributed by atoms with Crippen molar-refractivity contribution in [3.63, 3.8) is 0 Å². The van der Waals surface area contributed by atoms with Crippen LogP contribution in [-0.4, -0.2) is 37.7 Å². The lowest BCUT2D eigenvalue weighted by atomic mass is 9.95. The molecule has 3 aromatic rings. The summed E-state index contributed by atoms with van der Waals surface area (Å²) in [6, 6.07) is 14.7. The van der Waals surface area contributed by atoms with E-state index in [1.54, 1.807) is 36.6 Å². The number of pyridine rings is 1. The number of benzene rings is 2. The number of hydrogen-bond acceptors (Lipinski definition) is 4. The summed E-state index contributed by atoms with van der Waals surface area (Å²) in [5.41, 5.74) is 5.52. The normalized spacial score (nSPS) is 12.1. The Morgan fingerprint density at radius 3 is 2.16 bits per heavy atom. The van der Waals surface area contributed by atoms with Crippen LogP contribution in [0, 0.1) is 5.92 Å². The first-order chi connectivity index (χ1) is 17.1. The molecule has 2 aromatic carbocycles. The van der Waals surface area contributed by atoms with Crippen molar-refractivity contribution in [2.75, 3.05) is 0 Å². The molecule has 0 aliphatic rings. The SMILES string of the molecule is CC(C)Cn1c(CN(C(=O)O)C(C)(C)C)c(-c2ccccc2)c2cc(OC(C)(C)C(N)=O)ccc2c1=O. The van der Waals surface area contributed by atoms with Crippen molar-refractivity contribution in [1.82, 2.24) is 9.47 Å². The van der Waals surface area contributed by atoms with Crippen molar-refractivity contribution in [3.8, 4) is 16.9 Å². The molecule has 8 heteroatoms. The first kappa shape index (κ1) is 27.8. The van der Waals surface area contributed by atoms with E-state index in [1.807, 2.05) is 65.0 Å². The summed E-state index contributed by atoms with van der Waals surface area (Å²) in [6.07, 6.45) is -1.07. The molecule has 0 fully saturated rings. The molecule has 0 aliphatic heterocycles. The topological polar surface area (TPSA) is 115 Å². The van der Waals surface area contributed by atoms with Crippen LogP contribution in [0.5, 0.6) is 5.75 Å². The van der Waals surface area contributed by atoms with Gasteiger partial charge in [0.2, 0.25) is 0 Å². The van der Waals surface area contributed by atoms with E-state index in [0.29, 0.717) is 28.8 Å². The first-order valence-electron chi connectivity index (χ1n) is 12.4. The van der Waals surface area contributed by atoms with Crippen molar-refractivity contribution >= 4 is 22.8 Å². The molecular weight excluding hydrogens is 470 g/mol. The van der Waals surface area contributed by atoms with Crippen molar-refractivity contribution in [2.24, 2.45) is 11.7 Å². The Bertz CT molecular complexity index is 1370. The smallest absolute Gasteiger partial charge is 0.408 e. The van der Waals surface area contributed by atoms with E-state index in [0.717, 1.165) is 11.1 Å². The number of ether oxygens (including phenoxy) is 1. The quantitative estimate of drug-likeness (QED) is 0.432. The van der Waals surface area contributed by atoms with Gasteiger partial charge in [-0.15, -0.1) is 0 Å². The van der Waals surface area contributed by atoms with Crippen LogP contribution in [0.25, 0.3) is 21.9 Å². The standard InChI is InChI=1S/C29H37N3O5/c1-18(2)16-31-23(17-32(27(35)36)28(3,4)5)24(19-11-9-8-10-12-19)22-15-20(13-14-21(22)25(31)33)37-29(6,7)26(30)34/h8-15,18H,16-17H2,1-7H3,(H2,30,34)(H,35,36). The minimum Gasteiger partial charge on any atom is -0.478 e. The van der Waals surface area contributed by atoms with Crippen LogP contribution < -0.4 is 16.0 Å². The number of hydrogen-bond donors (Lipinski definition) is 2. The molecule has 0 aliphatic carbocycles. The lowest BCUT2D eigenvalue weighted by molar-refractivity contribution is -0.130. The van der Waals surface area contributed by atoms with Gasteiger partial charge < -0.3 is 20.1 Å². The van der Waals surface area contributed by atoms with E-state index in [4.69, 9.17) is 10.5 Å². The maximum Gasteiger partial charge on any atom is 0.408 e. The maximum atomic E-state index is 13.9. The molecular formula is C29H37N3O5. The Balaban J connectivity index is 2.45. The number of nitrogens with zero attached hydrogens (tertiary/aromatic N) is 2. The van der Waals surface area contributed by atoms with Crippen molar-refractivity contribution < 1.29 is 19.4 Å². The second-order valence-corrected chi connectivity index (χ2v) is 11.2. The maximum absolute atomic E-state index is 13.9. The Morgan fingerprint density at radius 2 is 1.65 bits per heavy atom. The molecule has 3 N–H and O–H groups in total. The number of fused-ring (bicyclic) bond motifs is 1. The zero-order valence-corrected chi connectivity index (χ0v) is 22.7. The highest BCUT2D eigenvalue weighted by Crippen LogP contribution is 2.35. The molecule has 1 aromatic heterocycles. The molecule has 2 amide bonds. The Morgan fingerprint density at radius 1 is 1.03 bits per heavy atom. The molecule has 37 heavy (non-hydrogen) atoms. The fourth-order valence-electron chi connectivity index (χ4n) is 4.27. The van der Waals surface area contributed by atoms with Crippen LogP contribution in [0.3, 0.4) is 0 Å². The molecule has 3 rings (SSSR count). The molecule has 0 radical (unpaired) electrons. The number of amides is 2. The van der Waals surface area contributed by atoms with E-state index in [1.165, 1.54) is 4.90 Å². The van der Waals surface area contributed by atoms with Gasteiger partial charge in [0, 0.05) is 34.1 Å². The lowest BCUT2D eigenvalue weighted by Gasteiger charge is -2.35. The zero-order valence-electron chi connectivity index (χ0n) is 22.7. The number of aromatic nitrogens is 1. The highest BCUT2D eigenvalue weighted by molar-refractivity contribution is 5.98. The van der Waals surface area contributed by atoms with E-state index >= 15 is 0 Å². The van der Waals surface area contributed by atoms with E-state index in [9.17, 15) is 19.5 Å². The second kappa shape index (κ2) is 10.3. The Labute approximate surface area is 217 Å². The zero-order chi connectivity index (χ0) is 27.7. The average Bonchev–Trinajstić information content (AvgIpc) is 2.78. The summed E-state index contributed by atoms with van der Waals surface area (Å²) in [5.74, 6) is -0.0954. The van der Waals surface area contributed by atoms with Crippen LogP contribution in [0.1, 0.15) is 54.2 Å². The molecule has 0 atom stereocenters. The number of carbonyl (C=O) groups is 2. The Kier molecular flexibility index (Phi) is 7.72. The number of carbonyl (C=O) groups excluding carboxylic acids is 1. The predicted molar refractivity (Wildman–Crippen MR) is 146 cm³/mol. The number of carboxylic acid groups (broad SMARTS) is 1. The fourth-order valence-corrected chi connectivity index (χ4v) is 4.27. The molecule has 0 spiro atoms. The molecule has 0 bridgehead atoms. The van der Waals surface area contributed by atoms with Gasteiger partial charge in [-0.05, 0) is 64.3 Å². The molecule has 198 valence electrons. The highest BCUT2D eigenvalue weighted by Gasteiger charge is 2.31. The minimum absolute atomic E-state index is 0.0127. The first-order valence-corrected chi connectivity index (χ1v) is 12.4. The van der Waals surface area contributed by atoms with Crippen molar-refractivity contribution in [2.45, 2.75) is 72.7 Å². The van der Waals surface area contributed by atoms with Gasteiger partial charge in [-0.2, -0.15) is 0 Å².